The maximum Gasteiger partial charge on any atom is 0.303 e. The Morgan fingerprint density at radius 1 is 1.29 bits per heavy atom. The molecule has 0 saturated carbocycles. The van der Waals surface area contributed by atoms with Crippen LogP contribution in [-0.4, -0.2) is 53.5 Å². The van der Waals surface area contributed by atoms with E-state index >= 15 is 0 Å². The number of aromatic nitrogens is 1. The highest BCUT2D eigenvalue weighted by atomic mass is 35.5. The number of pyridine rings is 1. The van der Waals surface area contributed by atoms with Crippen molar-refractivity contribution in [3.8, 4) is 5.75 Å². The molecular weight excluding hydrogens is 532 g/mol. The standard InChI is InChI=1S/C28H32ClF2N3O3S/c1-37-20-4-7-25-21(14-20)28(22(29)15-33-25)24(32)6-2-17-8-9-34(16-18(17)12-27(35)36)10-11-38-26-13-19(30)3-5-23(26)31/h3-5,7,13-15,17-18,24H,2,6,8-12,16,32H2,1H3,(H,35,36). The number of hydrogen-bond acceptors (Lipinski definition) is 6. The summed E-state index contributed by atoms with van der Waals surface area (Å²) in [6.45, 7) is 2.14. The van der Waals surface area contributed by atoms with Crippen molar-refractivity contribution in [1.29, 1.82) is 0 Å². The van der Waals surface area contributed by atoms with Gasteiger partial charge in [0.15, 0.2) is 0 Å². The average molecular weight is 564 g/mol. The van der Waals surface area contributed by atoms with Gasteiger partial charge in [0, 0.05) is 47.8 Å². The number of carbonyl (C=O) groups is 1. The summed E-state index contributed by atoms with van der Waals surface area (Å²) in [5.74, 6) is -0.241. The lowest BCUT2D eigenvalue weighted by Gasteiger charge is -2.38. The van der Waals surface area contributed by atoms with Crippen LogP contribution in [0, 0.1) is 23.5 Å². The Morgan fingerprint density at radius 3 is 2.87 bits per heavy atom. The number of benzene rings is 2. The molecule has 3 N–H and O–H groups in total. The molecule has 2 heterocycles. The largest absolute Gasteiger partial charge is 0.497 e. The van der Waals surface area contributed by atoms with Gasteiger partial charge in [0.1, 0.15) is 17.4 Å². The molecule has 0 bridgehead atoms. The summed E-state index contributed by atoms with van der Waals surface area (Å²) in [6.07, 6.45) is 3.98. The van der Waals surface area contributed by atoms with Gasteiger partial charge in [0.05, 0.1) is 17.6 Å². The van der Waals surface area contributed by atoms with Crippen LogP contribution < -0.4 is 10.5 Å². The number of aliphatic carboxylic acids is 1. The smallest absolute Gasteiger partial charge is 0.303 e. The van der Waals surface area contributed by atoms with E-state index in [0.29, 0.717) is 36.0 Å². The Hall–Kier alpha value is -2.46. The number of carboxylic acid groups (broad SMARTS) is 1. The number of thioether (sulfide) groups is 1. The molecule has 1 aliphatic rings. The van der Waals surface area contributed by atoms with E-state index in [1.54, 1.807) is 13.3 Å². The molecule has 204 valence electrons. The molecule has 3 unspecified atom stereocenters. The first-order valence-electron chi connectivity index (χ1n) is 12.6. The summed E-state index contributed by atoms with van der Waals surface area (Å²) in [7, 11) is 1.60. The quantitative estimate of drug-likeness (QED) is 0.270. The second-order valence-corrected chi connectivity index (χ2v) is 11.3. The van der Waals surface area contributed by atoms with Crippen molar-refractivity contribution >= 4 is 40.2 Å². The van der Waals surface area contributed by atoms with Gasteiger partial charge in [-0.25, -0.2) is 8.78 Å². The third-order valence-corrected chi connectivity index (χ3v) is 8.57. The monoisotopic (exact) mass is 563 g/mol. The number of rotatable bonds is 11. The van der Waals surface area contributed by atoms with Crippen LogP contribution in [-0.2, 0) is 4.79 Å². The molecule has 4 rings (SSSR count). The van der Waals surface area contributed by atoms with Crippen molar-refractivity contribution in [1.82, 2.24) is 9.88 Å². The molecule has 0 spiro atoms. The van der Waals surface area contributed by atoms with Crippen molar-refractivity contribution in [2.24, 2.45) is 17.6 Å². The first-order valence-corrected chi connectivity index (χ1v) is 14.0. The van der Waals surface area contributed by atoms with E-state index in [4.69, 9.17) is 22.1 Å². The van der Waals surface area contributed by atoms with E-state index in [9.17, 15) is 18.7 Å². The van der Waals surface area contributed by atoms with E-state index in [2.05, 4.69) is 9.88 Å². The first kappa shape index (κ1) is 28.5. The summed E-state index contributed by atoms with van der Waals surface area (Å²) in [5.41, 5.74) is 8.26. The molecule has 2 aromatic carbocycles. The van der Waals surface area contributed by atoms with Crippen molar-refractivity contribution < 1.29 is 23.4 Å². The van der Waals surface area contributed by atoms with Crippen molar-refractivity contribution in [3.05, 3.63) is 64.8 Å². The third kappa shape index (κ3) is 7.14. The summed E-state index contributed by atoms with van der Waals surface area (Å²) in [4.78, 5) is 18.5. The Morgan fingerprint density at radius 2 is 2.11 bits per heavy atom. The second kappa shape index (κ2) is 13.1. The molecule has 6 nitrogen and oxygen atoms in total. The van der Waals surface area contributed by atoms with E-state index in [-0.39, 0.29) is 29.2 Å². The summed E-state index contributed by atoms with van der Waals surface area (Å²) >= 11 is 7.80. The molecule has 10 heteroatoms. The zero-order valence-corrected chi connectivity index (χ0v) is 22.8. The Bertz CT molecular complexity index is 1280. The lowest BCUT2D eigenvalue weighted by atomic mass is 9.79. The minimum atomic E-state index is -0.822. The molecule has 3 atom stereocenters. The van der Waals surface area contributed by atoms with Crippen LogP contribution in [0.1, 0.15) is 37.3 Å². The van der Waals surface area contributed by atoms with Gasteiger partial charge in [-0.1, -0.05) is 11.6 Å². The molecule has 38 heavy (non-hydrogen) atoms. The maximum absolute atomic E-state index is 13.9. The fourth-order valence-corrected chi connectivity index (χ4v) is 6.54. The van der Waals surface area contributed by atoms with Crippen LogP contribution >= 0.6 is 23.4 Å². The third-order valence-electron chi connectivity index (χ3n) is 7.26. The molecule has 1 saturated heterocycles. The topological polar surface area (TPSA) is 88.7 Å². The molecule has 0 aliphatic carbocycles. The van der Waals surface area contributed by atoms with E-state index < -0.39 is 17.6 Å². The number of likely N-dealkylation sites (tertiary alicyclic amines) is 1. The van der Waals surface area contributed by atoms with Crippen LogP contribution in [0.25, 0.3) is 10.9 Å². The lowest BCUT2D eigenvalue weighted by molar-refractivity contribution is -0.139. The minimum Gasteiger partial charge on any atom is -0.497 e. The van der Waals surface area contributed by atoms with E-state index in [1.165, 1.54) is 17.8 Å². The van der Waals surface area contributed by atoms with E-state index in [0.717, 1.165) is 48.0 Å². The van der Waals surface area contributed by atoms with Crippen LogP contribution in [0.4, 0.5) is 8.78 Å². The van der Waals surface area contributed by atoms with Gasteiger partial charge < -0.3 is 20.5 Å². The van der Waals surface area contributed by atoms with Gasteiger partial charge in [-0.2, -0.15) is 0 Å². The normalized spacial score (nSPS) is 19.0. The summed E-state index contributed by atoms with van der Waals surface area (Å²) in [6, 6.07) is 8.72. The molecule has 1 fully saturated rings. The number of nitrogens with two attached hydrogens (primary N) is 1. The highest BCUT2D eigenvalue weighted by molar-refractivity contribution is 7.99. The number of carboxylic acids is 1. The second-order valence-electron chi connectivity index (χ2n) is 9.72. The van der Waals surface area contributed by atoms with Crippen molar-refractivity contribution in [2.45, 2.75) is 36.6 Å². The number of nitrogens with zero attached hydrogens (tertiary/aromatic N) is 2. The summed E-state index contributed by atoms with van der Waals surface area (Å²) in [5, 5.41) is 10.9. The van der Waals surface area contributed by atoms with Gasteiger partial charge in [0.25, 0.3) is 0 Å². The van der Waals surface area contributed by atoms with Crippen LogP contribution in [0.3, 0.4) is 0 Å². The zero-order chi connectivity index (χ0) is 27.2. The fraction of sp³-hybridized carbons (Fsp3) is 0.429. The molecule has 0 radical (unpaired) electrons. The molecule has 1 aliphatic heterocycles. The lowest BCUT2D eigenvalue weighted by Crippen LogP contribution is -2.42. The van der Waals surface area contributed by atoms with Gasteiger partial charge in [-0.15, -0.1) is 11.8 Å². The molecule has 1 aromatic heterocycles. The van der Waals surface area contributed by atoms with Gasteiger partial charge in [-0.05, 0) is 79.6 Å². The summed E-state index contributed by atoms with van der Waals surface area (Å²) < 4.78 is 32.7. The molecule has 3 aromatic rings. The number of halogens is 3. The van der Waals surface area contributed by atoms with Gasteiger partial charge >= 0.3 is 5.97 Å². The van der Waals surface area contributed by atoms with Crippen LogP contribution in [0.2, 0.25) is 5.02 Å². The molecule has 0 amide bonds. The Labute approximate surface area is 230 Å². The average Bonchev–Trinajstić information content (AvgIpc) is 2.89. The van der Waals surface area contributed by atoms with Gasteiger partial charge in [-0.3, -0.25) is 9.78 Å². The number of hydrogen-bond donors (Lipinski definition) is 2. The molecular formula is C28H32ClF2N3O3S. The Kier molecular flexibility index (Phi) is 9.81. The van der Waals surface area contributed by atoms with Crippen molar-refractivity contribution in [2.75, 3.05) is 32.5 Å². The van der Waals surface area contributed by atoms with E-state index in [1.807, 2.05) is 18.2 Å². The predicted molar refractivity (Wildman–Crippen MR) is 147 cm³/mol. The fourth-order valence-electron chi connectivity index (χ4n) is 5.28. The van der Waals surface area contributed by atoms with Gasteiger partial charge in [0.2, 0.25) is 0 Å². The predicted octanol–water partition coefficient (Wildman–Crippen LogP) is 6.16. The number of methoxy groups -OCH3 is 1. The van der Waals surface area contributed by atoms with Crippen molar-refractivity contribution in [3.63, 3.8) is 0 Å². The number of fused-ring (bicyclic) bond motifs is 1. The zero-order valence-electron chi connectivity index (χ0n) is 21.2. The van der Waals surface area contributed by atoms with Crippen LogP contribution in [0.15, 0.2) is 47.5 Å². The highest BCUT2D eigenvalue weighted by Gasteiger charge is 2.31. The highest BCUT2D eigenvalue weighted by Crippen LogP contribution is 2.36. The Balaban J connectivity index is 1.38. The first-order chi connectivity index (χ1) is 18.2. The number of ether oxygens (including phenoxy) is 1. The minimum absolute atomic E-state index is 0.0193. The maximum atomic E-state index is 13.9. The SMILES string of the molecule is COc1ccc2ncc(Cl)c(C(N)CCC3CCN(CCSc4cc(F)ccc4F)CC3CC(=O)O)c2c1. The van der Waals surface area contributed by atoms with Crippen LogP contribution in [0.5, 0.6) is 5.75 Å². The number of piperidine rings is 1.